The first-order valence-corrected chi connectivity index (χ1v) is 7.27. The summed E-state index contributed by atoms with van der Waals surface area (Å²) in [4.78, 5) is 11.6. The van der Waals surface area contributed by atoms with Gasteiger partial charge in [0.2, 0.25) is 0 Å². The Bertz CT molecular complexity index is 383. The van der Waals surface area contributed by atoms with Gasteiger partial charge in [-0.25, -0.2) is 0 Å². The molecule has 1 atom stereocenters. The highest BCUT2D eigenvalue weighted by molar-refractivity contribution is 5.69. The number of benzene rings is 1. The smallest absolute Gasteiger partial charge is 0.305 e. The molecule has 1 aromatic rings. The van der Waals surface area contributed by atoms with E-state index >= 15 is 0 Å². The number of methoxy groups -OCH3 is 1. The van der Waals surface area contributed by atoms with Crippen LogP contribution in [0.2, 0.25) is 0 Å². The highest BCUT2D eigenvalue weighted by atomic mass is 16.6. The molecule has 0 spiro atoms. The molecule has 0 amide bonds. The van der Waals surface area contributed by atoms with Crippen LogP contribution in [0.15, 0.2) is 30.3 Å². The van der Waals surface area contributed by atoms with Gasteiger partial charge in [0.05, 0.1) is 6.61 Å². The SMILES string of the molecule is COCCCOCCOC(=O)CCC(N)c1ccccc1. The molecule has 0 aliphatic carbocycles. The third-order valence-electron chi connectivity index (χ3n) is 3.02. The van der Waals surface area contributed by atoms with Gasteiger partial charge in [0.25, 0.3) is 0 Å². The van der Waals surface area contributed by atoms with Gasteiger partial charge < -0.3 is 19.9 Å². The molecule has 0 fully saturated rings. The standard InChI is InChI=1S/C16H25NO4/c1-19-10-5-11-20-12-13-21-16(18)9-8-15(17)14-6-3-2-4-7-14/h2-4,6-7,15H,5,8-13,17H2,1H3. The molecule has 2 N–H and O–H groups in total. The molecule has 0 saturated heterocycles. The number of hydrogen-bond acceptors (Lipinski definition) is 5. The van der Waals surface area contributed by atoms with E-state index in [-0.39, 0.29) is 18.6 Å². The van der Waals surface area contributed by atoms with E-state index in [2.05, 4.69) is 0 Å². The van der Waals surface area contributed by atoms with E-state index in [1.165, 1.54) is 0 Å². The molecule has 1 rings (SSSR count). The molecule has 0 heterocycles. The van der Waals surface area contributed by atoms with Gasteiger partial charge in [0, 0.05) is 32.8 Å². The Kier molecular flexibility index (Phi) is 9.44. The normalized spacial score (nSPS) is 12.1. The van der Waals surface area contributed by atoms with Gasteiger partial charge in [-0.3, -0.25) is 4.79 Å². The molecule has 0 aliphatic rings. The fraction of sp³-hybridized carbons (Fsp3) is 0.562. The van der Waals surface area contributed by atoms with Crippen LogP contribution in [-0.2, 0) is 19.0 Å². The summed E-state index contributed by atoms with van der Waals surface area (Å²) in [6.07, 6.45) is 1.74. The molecule has 0 aromatic heterocycles. The lowest BCUT2D eigenvalue weighted by atomic mass is 10.0. The quantitative estimate of drug-likeness (QED) is 0.500. The van der Waals surface area contributed by atoms with E-state index in [1.807, 2.05) is 30.3 Å². The maximum Gasteiger partial charge on any atom is 0.305 e. The summed E-state index contributed by atoms with van der Waals surface area (Å²) in [6, 6.07) is 9.61. The van der Waals surface area contributed by atoms with E-state index in [0.29, 0.717) is 32.7 Å². The molecule has 0 bridgehead atoms. The van der Waals surface area contributed by atoms with Crippen molar-refractivity contribution in [3.05, 3.63) is 35.9 Å². The van der Waals surface area contributed by atoms with Gasteiger partial charge in [-0.15, -0.1) is 0 Å². The predicted octanol–water partition coefficient (Wildman–Crippen LogP) is 2.06. The molecule has 118 valence electrons. The van der Waals surface area contributed by atoms with Gasteiger partial charge in [-0.1, -0.05) is 30.3 Å². The number of hydrogen-bond donors (Lipinski definition) is 1. The Morgan fingerprint density at radius 1 is 1.14 bits per heavy atom. The summed E-state index contributed by atoms with van der Waals surface area (Å²) in [7, 11) is 1.65. The molecule has 1 aromatic carbocycles. The topological polar surface area (TPSA) is 70.8 Å². The van der Waals surface area contributed by atoms with Crippen LogP contribution in [0.1, 0.15) is 30.9 Å². The van der Waals surface area contributed by atoms with Crippen molar-refractivity contribution in [1.29, 1.82) is 0 Å². The lowest BCUT2D eigenvalue weighted by Gasteiger charge is -2.11. The van der Waals surface area contributed by atoms with Crippen molar-refractivity contribution in [2.24, 2.45) is 5.73 Å². The second kappa shape index (κ2) is 11.3. The van der Waals surface area contributed by atoms with Crippen molar-refractivity contribution >= 4 is 5.97 Å². The highest BCUT2D eigenvalue weighted by Crippen LogP contribution is 2.15. The Balaban J connectivity index is 2.03. The summed E-state index contributed by atoms with van der Waals surface area (Å²) in [5.41, 5.74) is 7.06. The van der Waals surface area contributed by atoms with E-state index < -0.39 is 0 Å². The molecule has 21 heavy (non-hydrogen) atoms. The molecule has 5 heteroatoms. The Hall–Kier alpha value is -1.43. The van der Waals surface area contributed by atoms with Gasteiger partial charge in [-0.05, 0) is 18.4 Å². The lowest BCUT2D eigenvalue weighted by molar-refractivity contribution is -0.145. The second-order valence-corrected chi connectivity index (χ2v) is 4.74. The van der Waals surface area contributed by atoms with Crippen molar-refractivity contribution in [2.45, 2.75) is 25.3 Å². The summed E-state index contributed by atoms with van der Waals surface area (Å²) in [5, 5.41) is 0. The summed E-state index contributed by atoms with van der Waals surface area (Å²) < 4.78 is 15.3. The van der Waals surface area contributed by atoms with Gasteiger partial charge >= 0.3 is 5.97 Å². The van der Waals surface area contributed by atoms with Gasteiger partial charge in [0.15, 0.2) is 0 Å². The number of ether oxygens (including phenoxy) is 3. The fourth-order valence-electron chi connectivity index (χ4n) is 1.83. The number of carbonyl (C=O) groups excluding carboxylic acids is 1. The number of rotatable bonds is 11. The van der Waals surface area contributed by atoms with E-state index in [1.54, 1.807) is 7.11 Å². The minimum absolute atomic E-state index is 0.135. The summed E-state index contributed by atoms with van der Waals surface area (Å²) in [6.45, 7) is 1.99. The monoisotopic (exact) mass is 295 g/mol. The van der Waals surface area contributed by atoms with Crippen molar-refractivity contribution in [1.82, 2.24) is 0 Å². The average Bonchev–Trinajstić information content (AvgIpc) is 2.52. The van der Waals surface area contributed by atoms with E-state index in [4.69, 9.17) is 19.9 Å². The molecular formula is C16H25NO4. The Labute approximate surface area is 126 Å². The van der Waals surface area contributed by atoms with Crippen LogP contribution in [0.4, 0.5) is 0 Å². The molecule has 0 radical (unpaired) electrons. The first kappa shape index (κ1) is 17.6. The molecule has 0 saturated carbocycles. The number of carbonyl (C=O) groups is 1. The predicted molar refractivity (Wildman–Crippen MR) is 80.9 cm³/mol. The van der Waals surface area contributed by atoms with Crippen molar-refractivity contribution < 1.29 is 19.0 Å². The Morgan fingerprint density at radius 2 is 1.90 bits per heavy atom. The van der Waals surface area contributed by atoms with Crippen LogP contribution >= 0.6 is 0 Å². The first-order chi connectivity index (χ1) is 10.2. The zero-order valence-electron chi connectivity index (χ0n) is 12.6. The fourth-order valence-corrected chi connectivity index (χ4v) is 1.83. The van der Waals surface area contributed by atoms with Crippen LogP contribution in [-0.4, -0.2) is 39.5 Å². The average molecular weight is 295 g/mol. The van der Waals surface area contributed by atoms with Crippen LogP contribution in [0, 0.1) is 0 Å². The third-order valence-corrected chi connectivity index (χ3v) is 3.02. The summed E-state index contributed by atoms with van der Waals surface area (Å²) in [5.74, 6) is -0.234. The highest BCUT2D eigenvalue weighted by Gasteiger charge is 2.09. The van der Waals surface area contributed by atoms with E-state index in [0.717, 1.165) is 12.0 Å². The maximum absolute atomic E-state index is 11.6. The lowest BCUT2D eigenvalue weighted by Crippen LogP contribution is -2.15. The van der Waals surface area contributed by atoms with Crippen LogP contribution in [0.25, 0.3) is 0 Å². The van der Waals surface area contributed by atoms with E-state index in [9.17, 15) is 4.79 Å². The third kappa shape index (κ3) is 8.45. The minimum atomic E-state index is -0.234. The van der Waals surface area contributed by atoms with Gasteiger partial charge in [0.1, 0.15) is 6.61 Å². The van der Waals surface area contributed by atoms with Gasteiger partial charge in [-0.2, -0.15) is 0 Å². The largest absolute Gasteiger partial charge is 0.463 e. The van der Waals surface area contributed by atoms with Crippen molar-refractivity contribution in [3.63, 3.8) is 0 Å². The second-order valence-electron chi connectivity index (χ2n) is 4.74. The van der Waals surface area contributed by atoms with Crippen LogP contribution < -0.4 is 5.73 Å². The van der Waals surface area contributed by atoms with Crippen LogP contribution in [0.5, 0.6) is 0 Å². The summed E-state index contributed by atoms with van der Waals surface area (Å²) >= 11 is 0. The number of esters is 1. The maximum atomic E-state index is 11.6. The number of nitrogens with two attached hydrogens (primary N) is 1. The Morgan fingerprint density at radius 3 is 2.62 bits per heavy atom. The molecular weight excluding hydrogens is 270 g/mol. The van der Waals surface area contributed by atoms with Crippen LogP contribution in [0.3, 0.4) is 0 Å². The van der Waals surface area contributed by atoms with Crippen molar-refractivity contribution in [3.8, 4) is 0 Å². The zero-order chi connectivity index (χ0) is 15.3. The zero-order valence-corrected chi connectivity index (χ0v) is 12.6. The molecule has 0 aliphatic heterocycles. The minimum Gasteiger partial charge on any atom is -0.463 e. The molecule has 5 nitrogen and oxygen atoms in total. The molecule has 1 unspecified atom stereocenters. The van der Waals surface area contributed by atoms with Crippen molar-refractivity contribution in [2.75, 3.05) is 33.5 Å². The first-order valence-electron chi connectivity index (χ1n) is 7.27.